The van der Waals surface area contributed by atoms with Crippen LogP contribution in [0.25, 0.3) is 10.9 Å². The second kappa shape index (κ2) is 7.10. The number of hydrogen-bond acceptors (Lipinski definition) is 3. The molecule has 0 aliphatic rings. The molecular weight excluding hydrogens is 236 g/mol. The fourth-order valence-corrected chi connectivity index (χ4v) is 2.02. The molecule has 0 fully saturated rings. The lowest BCUT2D eigenvalue weighted by Gasteiger charge is -2.14. The average molecular weight is 258 g/mol. The van der Waals surface area contributed by atoms with Crippen molar-refractivity contribution in [2.75, 3.05) is 19.7 Å². The summed E-state index contributed by atoms with van der Waals surface area (Å²) in [6.07, 6.45) is 2.98. The van der Waals surface area contributed by atoms with Crippen molar-refractivity contribution in [2.45, 2.75) is 20.3 Å². The summed E-state index contributed by atoms with van der Waals surface area (Å²) in [6, 6.07) is 10.0. The molecule has 1 aromatic carbocycles. The molecular formula is C16H22N2O. The smallest absolute Gasteiger partial charge is 0.128 e. The van der Waals surface area contributed by atoms with Crippen LogP contribution < -0.4 is 10.1 Å². The molecule has 1 unspecified atom stereocenters. The number of nitrogens with one attached hydrogen (secondary N) is 1. The molecule has 1 N–H and O–H groups in total. The van der Waals surface area contributed by atoms with Crippen molar-refractivity contribution in [3.63, 3.8) is 0 Å². The van der Waals surface area contributed by atoms with E-state index in [4.69, 9.17) is 4.74 Å². The van der Waals surface area contributed by atoms with Gasteiger partial charge in [-0.25, -0.2) is 0 Å². The Bertz CT molecular complexity index is 508. The van der Waals surface area contributed by atoms with Crippen LogP contribution in [0, 0.1) is 5.92 Å². The van der Waals surface area contributed by atoms with Gasteiger partial charge in [-0.3, -0.25) is 4.98 Å². The van der Waals surface area contributed by atoms with Gasteiger partial charge < -0.3 is 10.1 Å². The van der Waals surface area contributed by atoms with E-state index < -0.39 is 0 Å². The molecule has 1 aromatic heterocycles. The van der Waals surface area contributed by atoms with Crippen LogP contribution >= 0.6 is 0 Å². The highest BCUT2D eigenvalue weighted by Crippen LogP contribution is 2.23. The molecule has 0 saturated carbocycles. The van der Waals surface area contributed by atoms with Gasteiger partial charge in [0.15, 0.2) is 0 Å². The van der Waals surface area contributed by atoms with Crippen LogP contribution in [0.2, 0.25) is 0 Å². The predicted molar refractivity (Wildman–Crippen MR) is 79.6 cm³/mol. The van der Waals surface area contributed by atoms with Gasteiger partial charge in [-0.1, -0.05) is 19.9 Å². The van der Waals surface area contributed by atoms with E-state index >= 15 is 0 Å². The molecule has 0 saturated heterocycles. The number of pyridine rings is 1. The summed E-state index contributed by atoms with van der Waals surface area (Å²) in [7, 11) is 0. The number of fused-ring (bicyclic) bond motifs is 1. The zero-order valence-corrected chi connectivity index (χ0v) is 11.7. The van der Waals surface area contributed by atoms with Crippen molar-refractivity contribution in [3.05, 3.63) is 36.5 Å². The standard InChI is InChI=1S/C16H22N2O/c1-3-9-17-11-13(2)12-19-16-8-4-7-15-14(16)6-5-10-18-15/h4-8,10,13,17H,3,9,11-12H2,1-2H3. The van der Waals surface area contributed by atoms with E-state index in [0.717, 1.165) is 36.3 Å². The van der Waals surface area contributed by atoms with Gasteiger partial charge >= 0.3 is 0 Å². The third-order valence-corrected chi connectivity index (χ3v) is 3.05. The van der Waals surface area contributed by atoms with Crippen molar-refractivity contribution in [1.29, 1.82) is 0 Å². The van der Waals surface area contributed by atoms with E-state index in [1.807, 2.05) is 30.5 Å². The largest absolute Gasteiger partial charge is 0.493 e. The summed E-state index contributed by atoms with van der Waals surface area (Å²) in [5, 5.41) is 4.50. The maximum Gasteiger partial charge on any atom is 0.128 e. The monoisotopic (exact) mass is 258 g/mol. The van der Waals surface area contributed by atoms with E-state index in [9.17, 15) is 0 Å². The van der Waals surface area contributed by atoms with Gasteiger partial charge in [0.1, 0.15) is 5.75 Å². The molecule has 3 nitrogen and oxygen atoms in total. The van der Waals surface area contributed by atoms with Crippen LogP contribution in [-0.2, 0) is 0 Å². The Morgan fingerprint density at radius 3 is 3.00 bits per heavy atom. The fourth-order valence-electron chi connectivity index (χ4n) is 2.02. The first-order valence-electron chi connectivity index (χ1n) is 6.98. The Balaban J connectivity index is 1.94. The maximum absolute atomic E-state index is 5.93. The molecule has 102 valence electrons. The highest BCUT2D eigenvalue weighted by Gasteiger charge is 2.05. The quantitative estimate of drug-likeness (QED) is 0.774. The molecule has 3 heteroatoms. The molecule has 2 rings (SSSR count). The molecule has 19 heavy (non-hydrogen) atoms. The summed E-state index contributed by atoms with van der Waals surface area (Å²) >= 11 is 0. The number of nitrogens with zero attached hydrogens (tertiary/aromatic N) is 1. The van der Waals surface area contributed by atoms with E-state index in [2.05, 4.69) is 30.2 Å². The average Bonchev–Trinajstić information content (AvgIpc) is 2.45. The van der Waals surface area contributed by atoms with E-state index in [0.29, 0.717) is 5.92 Å². The zero-order chi connectivity index (χ0) is 13.5. The Morgan fingerprint density at radius 2 is 2.16 bits per heavy atom. The van der Waals surface area contributed by atoms with Gasteiger partial charge in [0.25, 0.3) is 0 Å². The molecule has 0 bridgehead atoms. The van der Waals surface area contributed by atoms with Crippen LogP contribution in [0.5, 0.6) is 5.75 Å². The maximum atomic E-state index is 5.93. The van der Waals surface area contributed by atoms with Crippen LogP contribution in [0.1, 0.15) is 20.3 Å². The Morgan fingerprint density at radius 1 is 1.26 bits per heavy atom. The fraction of sp³-hybridized carbons (Fsp3) is 0.438. The van der Waals surface area contributed by atoms with E-state index in [-0.39, 0.29) is 0 Å². The Hall–Kier alpha value is -1.61. The highest BCUT2D eigenvalue weighted by atomic mass is 16.5. The molecule has 2 aromatic rings. The second-order valence-corrected chi connectivity index (χ2v) is 4.95. The van der Waals surface area contributed by atoms with Crippen LogP contribution in [0.4, 0.5) is 0 Å². The molecule has 1 heterocycles. The minimum Gasteiger partial charge on any atom is -0.493 e. The highest BCUT2D eigenvalue weighted by molar-refractivity contribution is 5.84. The normalized spacial score (nSPS) is 12.5. The summed E-state index contributed by atoms with van der Waals surface area (Å²) < 4.78 is 5.93. The van der Waals surface area contributed by atoms with Gasteiger partial charge in [0.2, 0.25) is 0 Å². The van der Waals surface area contributed by atoms with Gasteiger partial charge in [0, 0.05) is 24.0 Å². The number of hydrogen-bond donors (Lipinski definition) is 1. The van der Waals surface area contributed by atoms with Crippen molar-refractivity contribution in [3.8, 4) is 5.75 Å². The SMILES string of the molecule is CCCNCC(C)COc1cccc2ncccc12. The second-order valence-electron chi connectivity index (χ2n) is 4.95. The molecule has 0 radical (unpaired) electrons. The van der Waals surface area contributed by atoms with Crippen LogP contribution in [0.3, 0.4) is 0 Å². The van der Waals surface area contributed by atoms with Crippen LogP contribution in [-0.4, -0.2) is 24.7 Å². The Kier molecular flexibility index (Phi) is 5.16. The van der Waals surface area contributed by atoms with Gasteiger partial charge in [0.05, 0.1) is 12.1 Å². The summed E-state index contributed by atoms with van der Waals surface area (Å²) in [5.74, 6) is 1.42. The molecule has 0 spiro atoms. The number of benzene rings is 1. The predicted octanol–water partition coefficient (Wildman–Crippen LogP) is 3.25. The van der Waals surface area contributed by atoms with Crippen LogP contribution in [0.15, 0.2) is 36.5 Å². The van der Waals surface area contributed by atoms with Gasteiger partial charge in [-0.2, -0.15) is 0 Å². The van der Waals surface area contributed by atoms with Gasteiger partial charge in [-0.05, 0) is 37.2 Å². The third kappa shape index (κ3) is 3.93. The lowest BCUT2D eigenvalue weighted by Crippen LogP contribution is -2.25. The van der Waals surface area contributed by atoms with Crippen molar-refractivity contribution >= 4 is 10.9 Å². The molecule has 0 amide bonds. The number of aromatic nitrogens is 1. The molecule has 1 atom stereocenters. The first-order chi connectivity index (χ1) is 9.31. The molecule has 0 aliphatic heterocycles. The van der Waals surface area contributed by atoms with Crippen molar-refractivity contribution < 1.29 is 4.74 Å². The minimum atomic E-state index is 0.499. The van der Waals surface area contributed by atoms with E-state index in [1.165, 1.54) is 6.42 Å². The van der Waals surface area contributed by atoms with Crippen molar-refractivity contribution in [1.82, 2.24) is 10.3 Å². The van der Waals surface area contributed by atoms with E-state index in [1.54, 1.807) is 0 Å². The first-order valence-corrected chi connectivity index (χ1v) is 6.98. The third-order valence-electron chi connectivity index (χ3n) is 3.05. The van der Waals surface area contributed by atoms with Crippen molar-refractivity contribution in [2.24, 2.45) is 5.92 Å². The summed E-state index contributed by atoms with van der Waals surface area (Å²) in [6.45, 7) is 7.17. The molecule has 0 aliphatic carbocycles. The minimum absolute atomic E-state index is 0.499. The number of ether oxygens (including phenoxy) is 1. The Labute approximate surface area is 115 Å². The zero-order valence-electron chi connectivity index (χ0n) is 11.7. The summed E-state index contributed by atoms with van der Waals surface area (Å²) in [5.41, 5.74) is 0.983. The van der Waals surface area contributed by atoms with Gasteiger partial charge in [-0.15, -0.1) is 0 Å². The first kappa shape index (κ1) is 13.8. The number of rotatable bonds is 7. The summed E-state index contributed by atoms with van der Waals surface area (Å²) in [4.78, 5) is 4.34. The topological polar surface area (TPSA) is 34.1 Å². The lowest BCUT2D eigenvalue weighted by molar-refractivity contribution is 0.258. The lowest BCUT2D eigenvalue weighted by atomic mass is 10.2.